The van der Waals surface area contributed by atoms with Gasteiger partial charge in [0.15, 0.2) is 5.16 Å². The topological polar surface area (TPSA) is 78.7 Å². The van der Waals surface area contributed by atoms with E-state index in [4.69, 9.17) is 5.26 Å². The average Bonchev–Trinajstić information content (AvgIpc) is 2.52. The van der Waals surface area contributed by atoms with E-state index in [0.29, 0.717) is 22.8 Å². The fourth-order valence-corrected chi connectivity index (χ4v) is 3.08. The standard InChI is InChI=1S/C17H18N4OS/c1-4-15(23-17-19-11(2)9-12(3)20-17)16(22)21-14-8-6-5-7-13(14)10-18/h5-9,15H,4H2,1-3H3,(H,21,22). The summed E-state index contributed by atoms with van der Waals surface area (Å²) in [5.74, 6) is -0.150. The molecule has 0 saturated heterocycles. The van der Waals surface area contributed by atoms with Crippen molar-refractivity contribution < 1.29 is 4.79 Å². The number of hydrogen-bond acceptors (Lipinski definition) is 5. The third-order valence-electron chi connectivity index (χ3n) is 3.18. The fourth-order valence-electron chi connectivity index (χ4n) is 2.10. The molecule has 6 heteroatoms. The minimum Gasteiger partial charge on any atom is -0.324 e. The lowest BCUT2D eigenvalue weighted by molar-refractivity contribution is -0.115. The van der Waals surface area contributed by atoms with Gasteiger partial charge in [0.2, 0.25) is 5.91 Å². The Balaban J connectivity index is 2.14. The molecule has 0 bridgehead atoms. The van der Waals surface area contributed by atoms with Crippen LogP contribution in [0, 0.1) is 25.2 Å². The number of nitriles is 1. The van der Waals surface area contributed by atoms with Gasteiger partial charge in [-0.15, -0.1) is 0 Å². The zero-order valence-corrected chi connectivity index (χ0v) is 14.1. The van der Waals surface area contributed by atoms with Gasteiger partial charge in [-0.05, 0) is 38.5 Å². The van der Waals surface area contributed by atoms with Crippen molar-refractivity contribution in [3.8, 4) is 6.07 Å². The minimum absolute atomic E-state index is 0.150. The van der Waals surface area contributed by atoms with Gasteiger partial charge in [0.1, 0.15) is 6.07 Å². The summed E-state index contributed by atoms with van der Waals surface area (Å²) in [4.78, 5) is 21.2. The van der Waals surface area contributed by atoms with Crippen molar-refractivity contribution >= 4 is 23.4 Å². The Morgan fingerprint density at radius 3 is 2.57 bits per heavy atom. The summed E-state index contributed by atoms with van der Waals surface area (Å²) in [6.07, 6.45) is 0.640. The number of carbonyl (C=O) groups excluding carboxylic acids is 1. The molecular weight excluding hydrogens is 308 g/mol. The van der Waals surface area contributed by atoms with E-state index in [1.165, 1.54) is 11.8 Å². The lowest BCUT2D eigenvalue weighted by Gasteiger charge is -2.15. The molecule has 0 saturated carbocycles. The number of nitrogens with zero attached hydrogens (tertiary/aromatic N) is 3. The molecule has 1 unspecified atom stereocenters. The van der Waals surface area contributed by atoms with Crippen LogP contribution >= 0.6 is 11.8 Å². The van der Waals surface area contributed by atoms with Crippen molar-refractivity contribution in [1.29, 1.82) is 5.26 Å². The number of anilines is 1. The van der Waals surface area contributed by atoms with E-state index in [-0.39, 0.29) is 11.2 Å². The van der Waals surface area contributed by atoms with E-state index in [1.807, 2.05) is 26.8 Å². The maximum atomic E-state index is 12.5. The molecule has 1 aromatic heterocycles. The van der Waals surface area contributed by atoms with E-state index < -0.39 is 0 Å². The second-order valence-corrected chi connectivity index (χ2v) is 6.26. The summed E-state index contributed by atoms with van der Waals surface area (Å²) < 4.78 is 0. The fraction of sp³-hybridized carbons (Fsp3) is 0.294. The number of amides is 1. The van der Waals surface area contributed by atoms with Crippen LogP contribution in [0.3, 0.4) is 0 Å². The zero-order valence-electron chi connectivity index (χ0n) is 13.3. The van der Waals surface area contributed by atoms with Gasteiger partial charge in [-0.1, -0.05) is 30.8 Å². The van der Waals surface area contributed by atoms with Crippen molar-refractivity contribution in [2.75, 3.05) is 5.32 Å². The number of benzene rings is 1. The molecule has 2 aromatic rings. The highest BCUT2D eigenvalue weighted by Gasteiger charge is 2.20. The first-order valence-electron chi connectivity index (χ1n) is 7.32. The van der Waals surface area contributed by atoms with Crippen molar-refractivity contribution in [3.63, 3.8) is 0 Å². The van der Waals surface area contributed by atoms with Crippen LogP contribution in [0.5, 0.6) is 0 Å². The molecule has 0 aliphatic heterocycles. The molecule has 0 radical (unpaired) electrons. The summed E-state index contributed by atoms with van der Waals surface area (Å²) >= 11 is 1.34. The molecule has 5 nitrogen and oxygen atoms in total. The Morgan fingerprint density at radius 2 is 1.96 bits per heavy atom. The maximum Gasteiger partial charge on any atom is 0.238 e. The van der Waals surface area contributed by atoms with Crippen LogP contribution in [0.15, 0.2) is 35.5 Å². The molecule has 1 heterocycles. The molecule has 1 aromatic carbocycles. The maximum absolute atomic E-state index is 12.5. The van der Waals surface area contributed by atoms with Gasteiger partial charge in [0, 0.05) is 11.4 Å². The van der Waals surface area contributed by atoms with Crippen LogP contribution in [0.2, 0.25) is 0 Å². The summed E-state index contributed by atoms with van der Waals surface area (Å²) in [6.45, 7) is 5.75. The number of aromatic nitrogens is 2. The number of nitrogens with one attached hydrogen (secondary N) is 1. The van der Waals surface area contributed by atoms with Crippen molar-refractivity contribution in [2.45, 2.75) is 37.6 Å². The van der Waals surface area contributed by atoms with E-state index in [2.05, 4.69) is 21.4 Å². The minimum atomic E-state index is -0.317. The highest BCUT2D eigenvalue weighted by atomic mass is 32.2. The predicted octanol–water partition coefficient (Wildman–Crippen LogP) is 3.47. The van der Waals surface area contributed by atoms with E-state index >= 15 is 0 Å². The Kier molecular flexibility index (Phi) is 5.72. The molecule has 2 rings (SSSR count). The molecule has 23 heavy (non-hydrogen) atoms. The van der Waals surface area contributed by atoms with Crippen molar-refractivity contribution in [2.24, 2.45) is 0 Å². The zero-order chi connectivity index (χ0) is 16.8. The predicted molar refractivity (Wildman–Crippen MR) is 91.2 cm³/mol. The second-order valence-electron chi connectivity index (χ2n) is 5.09. The van der Waals surface area contributed by atoms with Gasteiger partial charge in [-0.2, -0.15) is 5.26 Å². The highest BCUT2D eigenvalue weighted by molar-refractivity contribution is 8.00. The SMILES string of the molecule is CCC(Sc1nc(C)cc(C)n1)C(=O)Nc1ccccc1C#N. The second kappa shape index (κ2) is 7.75. The molecule has 1 N–H and O–H groups in total. The van der Waals surface area contributed by atoms with Crippen LogP contribution in [0.25, 0.3) is 0 Å². The number of aryl methyl sites for hydroxylation is 2. The van der Waals surface area contributed by atoms with Crippen LogP contribution in [0.4, 0.5) is 5.69 Å². The summed E-state index contributed by atoms with van der Waals surface area (Å²) in [6, 6.07) is 10.9. The molecule has 118 valence electrons. The van der Waals surface area contributed by atoms with Gasteiger partial charge in [-0.25, -0.2) is 9.97 Å². The third-order valence-corrected chi connectivity index (χ3v) is 4.40. The van der Waals surface area contributed by atoms with Crippen LogP contribution < -0.4 is 5.32 Å². The Morgan fingerprint density at radius 1 is 1.30 bits per heavy atom. The van der Waals surface area contributed by atoms with Crippen molar-refractivity contribution in [1.82, 2.24) is 9.97 Å². The molecular formula is C17H18N4OS. The smallest absolute Gasteiger partial charge is 0.238 e. The molecule has 0 spiro atoms. The molecule has 0 aliphatic carbocycles. The number of carbonyl (C=O) groups is 1. The molecule has 0 aliphatic rings. The van der Waals surface area contributed by atoms with Gasteiger partial charge >= 0.3 is 0 Å². The lowest BCUT2D eigenvalue weighted by atomic mass is 10.2. The number of thioether (sulfide) groups is 1. The first kappa shape index (κ1) is 17.0. The van der Waals surface area contributed by atoms with E-state index in [1.54, 1.807) is 24.3 Å². The largest absolute Gasteiger partial charge is 0.324 e. The molecule has 0 fully saturated rings. The molecule has 1 amide bonds. The van der Waals surface area contributed by atoms with Gasteiger partial charge in [0.25, 0.3) is 0 Å². The summed E-state index contributed by atoms with van der Waals surface area (Å²) in [5.41, 5.74) is 2.74. The Bertz CT molecular complexity index is 734. The first-order chi connectivity index (χ1) is 11.0. The number of hydrogen-bond donors (Lipinski definition) is 1. The van der Waals surface area contributed by atoms with Gasteiger partial charge < -0.3 is 5.32 Å². The van der Waals surface area contributed by atoms with E-state index in [0.717, 1.165) is 11.4 Å². The van der Waals surface area contributed by atoms with Crippen LogP contribution in [-0.4, -0.2) is 21.1 Å². The van der Waals surface area contributed by atoms with Crippen LogP contribution in [0.1, 0.15) is 30.3 Å². The highest BCUT2D eigenvalue weighted by Crippen LogP contribution is 2.24. The third kappa shape index (κ3) is 4.54. The van der Waals surface area contributed by atoms with E-state index in [9.17, 15) is 4.79 Å². The average molecular weight is 326 g/mol. The van der Waals surface area contributed by atoms with Gasteiger partial charge in [0.05, 0.1) is 16.5 Å². The Hall–Kier alpha value is -2.39. The normalized spacial score (nSPS) is 11.6. The summed E-state index contributed by atoms with van der Waals surface area (Å²) in [7, 11) is 0. The van der Waals surface area contributed by atoms with Crippen LogP contribution in [-0.2, 0) is 4.79 Å². The lowest BCUT2D eigenvalue weighted by Crippen LogP contribution is -2.25. The quantitative estimate of drug-likeness (QED) is 0.672. The van der Waals surface area contributed by atoms with Crippen molar-refractivity contribution in [3.05, 3.63) is 47.3 Å². The first-order valence-corrected chi connectivity index (χ1v) is 8.20. The number of rotatable bonds is 5. The number of para-hydroxylation sites is 1. The summed E-state index contributed by atoms with van der Waals surface area (Å²) in [5, 5.41) is 12.2. The molecule has 1 atom stereocenters. The van der Waals surface area contributed by atoms with Gasteiger partial charge in [-0.3, -0.25) is 4.79 Å². The monoisotopic (exact) mass is 326 g/mol. The Labute approximate surface area is 140 Å².